The predicted molar refractivity (Wildman–Crippen MR) is 262 cm³/mol. The first kappa shape index (κ1) is 34.9. The number of para-hydroxylation sites is 1. The minimum absolute atomic E-state index is 0.305. The van der Waals surface area contributed by atoms with Crippen LogP contribution in [0.2, 0.25) is 0 Å². The second-order valence-corrected chi connectivity index (χ2v) is 17.3. The number of thiophene rings is 1. The zero-order chi connectivity index (χ0) is 40.7. The fourth-order valence-corrected chi connectivity index (χ4v) is 10.5. The van der Waals surface area contributed by atoms with E-state index >= 15 is 0 Å². The number of aliphatic imine (C=N–C) groups is 2. The SMILES string of the molecule is c1ccc(C2N=C(c3ccc4ccc5ccccc5c4c3)N=C(c3ccc4ccc(-c5cc(-c6ccc7sc8ccccc8c7c6)cc6oc7ccccc7c56)cc4c3)N2)cc1. The number of hydrogen-bond acceptors (Lipinski definition) is 5. The quantitative estimate of drug-likeness (QED) is 0.176. The van der Waals surface area contributed by atoms with Gasteiger partial charge in [-0.3, -0.25) is 0 Å². The van der Waals surface area contributed by atoms with Crippen LogP contribution in [0.4, 0.5) is 0 Å². The maximum absolute atomic E-state index is 6.61. The molecule has 0 fully saturated rings. The van der Waals surface area contributed by atoms with Crippen molar-refractivity contribution >= 4 is 97.4 Å². The van der Waals surface area contributed by atoms with Crippen LogP contribution < -0.4 is 5.32 Å². The first-order chi connectivity index (χ1) is 30.7. The summed E-state index contributed by atoms with van der Waals surface area (Å²) in [5.41, 5.74) is 9.38. The Morgan fingerprint density at radius 1 is 0.419 bits per heavy atom. The van der Waals surface area contributed by atoms with Crippen molar-refractivity contribution in [1.82, 2.24) is 5.32 Å². The third kappa shape index (κ3) is 5.74. The summed E-state index contributed by atoms with van der Waals surface area (Å²) in [6.45, 7) is 0. The molecule has 10 aromatic carbocycles. The van der Waals surface area contributed by atoms with Gasteiger partial charge in [0.25, 0.3) is 0 Å². The highest BCUT2D eigenvalue weighted by Gasteiger charge is 2.22. The van der Waals surface area contributed by atoms with Gasteiger partial charge in [-0.2, -0.15) is 0 Å². The molecule has 1 aliphatic rings. The molecular formula is C57H35N3OS. The molecule has 1 aliphatic heterocycles. The molecule has 62 heavy (non-hydrogen) atoms. The van der Waals surface area contributed by atoms with Gasteiger partial charge in [-0.1, -0.05) is 146 Å². The van der Waals surface area contributed by atoms with E-state index < -0.39 is 0 Å². The Balaban J connectivity index is 0.951. The highest BCUT2D eigenvalue weighted by Crippen LogP contribution is 2.43. The van der Waals surface area contributed by atoms with Gasteiger partial charge in [-0.05, 0) is 115 Å². The Kier molecular flexibility index (Phi) is 7.81. The minimum Gasteiger partial charge on any atom is -0.456 e. The molecule has 1 atom stereocenters. The summed E-state index contributed by atoms with van der Waals surface area (Å²) in [5.74, 6) is 1.49. The summed E-state index contributed by atoms with van der Waals surface area (Å²) in [4.78, 5) is 10.5. The van der Waals surface area contributed by atoms with Crippen LogP contribution in [0.5, 0.6) is 0 Å². The van der Waals surface area contributed by atoms with Crippen LogP contribution in [0.25, 0.3) is 96.7 Å². The second-order valence-electron chi connectivity index (χ2n) is 16.2. The van der Waals surface area contributed by atoms with Crippen LogP contribution in [0, 0.1) is 0 Å². The third-order valence-electron chi connectivity index (χ3n) is 12.5. The molecule has 0 spiro atoms. The number of furan rings is 1. The van der Waals surface area contributed by atoms with E-state index in [9.17, 15) is 0 Å². The molecule has 3 heterocycles. The molecule has 0 amide bonds. The van der Waals surface area contributed by atoms with Gasteiger partial charge in [0.05, 0.1) is 0 Å². The van der Waals surface area contributed by atoms with Gasteiger partial charge in [0, 0.05) is 42.1 Å². The number of nitrogens with zero attached hydrogens (tertiary/aromatic N) is 2. The summed E-state index contributed by atoms with van der Waals surface area (Å²) in [6, 6.07) is 71.8. The summed E-state index contributed by atoms with van der Waals surface area (Å²) < 4.78 is 9.21. The molecular weight excluding hydrogens is 775 g/mol. The Labute approximate surface area is 360 Å². The fourth-order valence-electron chi connectivity index (χ4n) is 9.39. The lowest BCUT2D eigenvalue weighted by atomic mass is 9.92. The van der Waals surface area contributed by atoms with E-state index in [-0.39, 0.29) is 6.17 Å². The molecule has 12 aromatic rings. The number of rotatable bonds is 5. The van der Waals surface area contributed by atoms with E-state index in [4.69, 9.17) is 14.4 Å². The van der Waals surface area contributed by atoms with Gasteiger partial charge in [0.15, 0.2) is 5.84 Å². The summed E-state index contributed by atoms with van der Waals surface area (Å²) >= 11 is 1.84. The number of benzene rings is 10. The molecule has 290 valence electrons. The van der Waals surface area contributed by atoms with Crippen molar-refractivity contribution in [2.24, 2.45) is 9.98 Å². The number of fused-ring (bicyclic) bond motifs is 10. The van der Waals surface area contributed by atoms with Crippen molar-refractivity contribution in [1.29, 1.82) is 0 Å². The van der Waals surface area contributed by atoms with Crippen molar-refractivity contribution in [2.45, 2.75) is 6.17 Å². The molecule has 4 nitrogen and oxygen atoms in total. The molecule has 0 saturated carbocycles. The van der Waals surface area contributed by atoms with Gasteiger partial charge in [-0.15, -0.1) is 11.3 Å². The molecule has 1 N–H and O–H groups in total. The highest BCUT2D eigenvalue weighted by atomic mass is 32.1. The van der Waals surface area contributed by atoms with Crippen LogP contribution in [0.15, 0.2) is 215 Å². The first-order valence-corrected chi connectivity index (χ1v) is 21.8. The minimum atomic E-state index is -0.305. The molecule has 0 radical (unpaired) electrons. The van der Waals surface area contributed by atoms with E-state index in [1.165, 1.54) is 47.3 Å². The van der Waals surface area contributed by atoms with E-state index in [0.717, 1.165) is 71.9 Å². The monoisotopic (exact) mass is 809 g/mol. The van der Waals surface area contributed by atoms with Gasteiger partial charge in [-0.25, -0.2) is 9.98 Å². The van der Waals surface area contributed by atoms with Crippen LogP contribution in [-0.4, -0.2) is 11.7 Å². The molecule has 1 unspecified atom stereocenters. The maximum atomic E-state index is 6.61. The van der Waals surface area contributed by atoms with Crippen LogP contribution in [0.3, 0.4) is 0 Å². The highest BCUT2D eigenvalue weighted by molar-refractivity contribution is 7.25. The van der Waals surface area contributed by atoms with Crippen LogP contribution in [0.1, 0.15) is 22.9 Å². The second kappa shape index (κ2) is 13.8. The molecule has 13 rings (SSSR count). The lowest BCUT2D eigenvalue weighted by Gasteiger charge is -2.24. The smallest absolute Gasteiger partial charge is 0.159 e. The van der Waals surface area contributed by atoms with Crippen LogP contribution in [-0.2, 0) is 0 Å². The number of amidine groups is 2. The third-order valence-corrected chi connectivity index (χ3v) is 13.6. The Hall–Kier alpha value is -7.86. The van der Waals surface area contributed by atoms with Crippen molar-refractivity contribution in [2.75, 3.05) is 0 Å². The zero-order valence-corrected chi connectivity index (χ0v) is 34.2. The van der Waals surface area contributed by atoms with E-state index in [1.54, 1.807) is 0 Å². The topological polar surface area (TPSA) is 49.9 Å². The summed E-state index contributed by atoms with van der Waals surface area (Å²) in [6.07, 6.45) is -0.305. The average molecular weight is 810 g/mol. The van der Waals surface area contributed by atoms with E-state index in [2.05, 4.69) is 193 Å². The molecule has 5 heteroatoms. The molecule has 2 aromatic heterocycles. The molecule has 0 bridgehead atoms. The van der Waals surface area contributed by atoms with Crippen molar-refractivity contribution in [3.63, 3.8) is 0 Å². The van der Waals surface area contributed by atoms with Gasteiger partial charge < -0.3 is 9.73 Å². The summed E-state index contributed by atoms with van der Waals surface area (Å²) in [7, 11) is 0. The fraction of sp³-hybridized carbons (Fsp3) is 0.0175. The first-order valence-electron chi connectivity index (χ1n) is 21.0. The van der Waals surface area contributed by atoms with Crippen molar-refractivity contribution in [3.05, 3.63) is 217 Å². The normalized spacial score (nSPS) is 14.3. The lowest BCUT2D eigenvalue weighted by Crippen LogP contribution is -2.33. The predicted octanol–water partition coefficient (Wildman–Crippen LogP) is 15.2. The molecule has 0 aliphatic carbocycles. The van der Waals surface area contributed by atoms with E-state index in [1.807, 2.05) is 23.5 Å². The standard InChI is InChI=1S/C57H35N3OS/c1-2-11-37(12-3-1)55-58-56(60-57(59-55)41-25-22-36-21-20-35-10-4-5-13-44(35)47(36)31-41)40-24-19-34-18-23-39(28-42(34)29-40)48-32-43(33-51-54(48)46-15-6-8-16-50(46)61-51)38-26-27-53-49(30-38)45-14-7-9-17-52(45)62-53/h1-33,55H,(H,58,59,60). The Morgan fingerprint density at radius 2 is 1.08 bits per heavy atom. The van der Waals surface area contributed by atoms with Crippen LogP contribution >= 0.6 is 11.3 Å². The van der Waals surface area contributed by atoms with Crippen molar-refractivity contribution in [3.8, 4) is 22.3 Å². The van der Waals surface area contributed by atoms with Gasteiger partial charge >= 0.3 is 0 Å². The summed E-state index contributed by atoms with van der Waals surface area (Å²) in [5, 5.41) is 15.6. The largest absolute Gasteiger partial charge is 0.456 e. The molecule has 0 saturated heterocycles. The Bertz CT molecular complexity index is 3860. The Morgan fingerprint density at radius 3 is 1.98 bits per heavy atom. The van der Waals surface area contributed by atoms with Crippen molar-refractivity contribution < 1.29 is 4.42 Å². The van der Waals surface area contributed by atoms with Gasteiger partial charge in [0.1, 0.15) is 23.2 Å². The number of nitrogens with one attached hydrogen (secondary N) is 1. The average Bonchev–Trinajstić information content (AvgIpc) is 3.91. The number of hydrogen-bond donors (Lipinski definition) is 1. The zero-order valence-electron chi connectivity index (χ0n) is 33.3. The lowest BCUT2D eigenvalue weighted by molar-refractivity contribution is 0.669. The maximum Gasteiger partial charge on any atom is 0.159 e. The van der Waals surface area contributed by atoms with E-state index in [0.29, 0.717) is 5.84 Å². The van der Waals surface area contributed by atoms with Gasteiger partial charge in [0.2, 0.25) is 0 Å².